The molecule has 0 amide bonds. The predicted octanol–water partition coefficient (Wildman–Crippen LogP) is 6.25. The third-order valence-corrected chi connectivity index (χ3v) is 7.05. The summed E-state index contributed by atoms with van der Waals surface area (Å²) >= 11 is 26.4. The molecule has 0 spiro atoms. The zero-order valence-electron chi connectivity index (χ0n) is 9.31. The summed E-state index contributed by atoms with van der Waals surface area (Å²) in [4.78, 5) is 16.9. The molecule has 1 aromatic rings. The molecule has 2 nitrogen and oxygen atoms in total. The van der Waals surface area contributed by atoms with Gasteiger partial charge in [-0.25, -0.2) is 4.98 Å². The lowest BCUT2D eigenvalue weighted by Gasteiger charge is -2.11. The molecule has 0 fully saturated rings. The highest BCUT2D eigenvalue weighted by Crippen LogP contribution is 2.42. The first-order valence-corrected chi connectivity index (χ1v) is 8.70. The van der Waals surface area contributed by atoms with Gasteiger partial charge in [-0.1, -0.05) is 34.8 Å². The van der Waals surface area contributed by atoms with E-state index >= 15 is 0 Å². The second kappa shape index (κ2) is 5.38. The smallest absolute Gasteiger partial charge is 0.195 e. The van der Waals surface area contributed by atoms with Crippen LogP contribution in [-0.2, 0) is 0 Å². The maximum Gasteiger partial charge on any atom is 0.195 e. The zero-order valence-corrected chi connectivity index (χ0v) is 15.6. The van der Waals surface area contributed by atoms with Crippen LogP contribution in [0.3, 0.4) is 0 Å². The van der Waals surface area contributed by atoms with Gasteiger partial charge in [0.2, 0.25) is 0 Å². The molecule has 0 bridgehead atoms. The number of rotatable bonds is 0. The molecule has 2 aliphatic rings. The Morgan fingerprint density at radius 1 is 1.05 bits per heavy atom. The van der Waals surface area contributed by atoms with Crippen LogP contribution in [0.25, 0.3) is 20.8 Å². The van der Waals surface area contributed by atoms with E-state index in [1.165, 1.54) is 17.4 Å². The lowest BCUT2D eigenvalue weighted by Crippen LogP contribution is -2.03. The molecule has 0 aromatic heterocycles. The van der Waals surface area contributed by atoms with Crippen LogP contribution in [0.2, 0.25) is 15.1 Å². The van der Waals surface area contributed by atoms with E-state index in [2.05, 4.69) is 36.8 Å². The highest BCUT2D eigenvalue weighted by atomic mass is 79.9. The molecule has 1 heterocycles. The molecule has 0 atom stereocenters. The molecule has 0 radical (unpaired) electrons. The molecule has 8 heteroatoms. The molecule has 0 N–H and O–H groups in total. The van der Waals surface area contributed by atoms with Gasteiger partial charge in [-0.05, 0) is 37.9 Å². The molecule has 1 aromatic carbocycles. The fourth-order valence-corrected chi connectivity index (χ4v) is 4.31. The molecule has 1 aliphatic heterocycles. The Hall–Kier alpha value is 0.0900. The van der Waals surface area contributed by atoms with Gasteiger partial charge in [-0.15, -0.1) is 11.3 Å². The first kappa shape index (κ1) is 15.0. The van der Waals surface area contributed by atoms with E-state index in [1.807, 2.05) is 0 Å². The van der Waals surface area contributed by atoms with Gasteiger partial charge in [-0.3, -0.25) is 4.79 Å². The van der Waals surface area contributed by atoms with Crippen LogP contribution in [-0.4, -0.2) is 4.98 Å². The van der Waals surface area contributed by atoms with Crippen molar-refractivity contribution in [2.45, 2.75) is 0 Å². The van der Waals surface area contributed by atoms with Gasteiger partial charge < -0.3 is 0 Å². The van der Waals surface area contributed by atoms with Crippen molar-refractivity contribution in [3.8, 4) is 10.6 Å². The summed E-state index contributed by atoms with van der Waals surface area (Å²) in [6.45, 7) is 0. The zero-order chi connectivity index (χ0) is 14.6. The highest BCUT2D eigenvalue weighted by molar-refractivity contribution is 9.11. The summed E-state index contributed by atoms with van der Waals surface area (Å²) in [5, 5.41) is 1.20. The molecule has 102 valence electrons. The fourth-order valence-electron chi connectivity index (χ4n) is 1.73. The Balaban J connectivity index is 2.55. The summed E-state index contributed by atoms with van der Waals surface area (Å²) in [5.74, 6) is 0. The van der Waals surface area contributed by atoms with Crippen molar-refractivity contribution in [2.24, 2.45) is 0 Å². The standard InChI is InChI=1S/C12H2Br2Cl3NOS/c13-7-3(15)1-5-11(9(7)16)18-12-6(20-5)2-4(19)8(14)10(12)17/h1-2H. The van der Waals surface area contributed by atoms with Crippen molar-refractivity contribution in [3.05, 3.63) is 46.4 Å². The summed E-state index contributed by atoms with van der Waals surface area (Å²) in [6, 6.07) is 3.25. The highest BCUT2D eigenvalue weighted by Gasteiger charge is 2.19. The Labute approximate surface area is 149 Å². The Morgan fingerprint density at radius 2 is 1.75 bits per heavy atom. The second-order valence-corrected chi connectivity index (χ2v) is 7.73. The van der Waals surface area contributed by atoms with Crippen LogP contribution in [0.15, 0.2) is 25.9 Å². The van der Waals surface area contributed by atoms with Crippen LogP contribution in [0.5, 0.6) is 0 Å². The topological polar surface area (TPSA) is 30.0 Å². The average molecular weight is 474 g/mol. The molecule has 1 aliphatic carbocycles. The maximum absolute atomic E-state index is 11.8. The first-order valence-electron chi connectivity index (χ1n) is 5.16. The predicted molar refractivity (Wildman–Crippen MR) is 92.9 cm³/mol. The number of nitrogens with zero attached hydrogens (tertiary/aromatic N) is 1. The van der Waals surface area contributed by atoms with Crippen molar-refractivity contribution in [1.29, 1.82) is 0 Å². The third kappa shape index (κ3) is 2.28. The van der Waals surface area contributed by atoms with E-state index in [0.29, 0.717) is 35.1 Å². The SMILES string of the molecule is O=c1cc2sc3cc(Cl)c(Br)c(Cl)c3nc-2c(Cl)c1Br. The summed E-state index contributed by atoms with van der Waals surface area (Å²) in [6.07, 6.45) is 0. The average Bonchev–Trinajstić information content (AvgIpc) is 2.41. The van der Waals surface area contributed by atoms with Crippen molar-refractivity contribution in [3.63, 3.8) is 0 Å². The second-order valence-electron chi connectivity index (χ2n) is 3.90. The quantitative estimate of drug-likeness (QED) is 0.285. The minimum atomic E-state index is -0.186. The Kier molecular flexibility index (Phi) is 4.03. The van der Waals surface area contributed by atoms with Gasteiger partial charge in [0.25, 0.3) is 0 Å². The molecule has 3 rings (SSSR count). The van der Waals surface area contributed by atoms with Gasteiger partial charge in [0.05, 0.1) is 33.6 Å². The number of benzene rings is 2. The van der Waals surface area contributed by atoms with Crippen molar-refractivity contribution < 1.29 is 0 Å². The van der Waals surface area contributed by atoms with Crippen LogP contribution >= 0.6 is 78.0 Å². The fraction of sp³-hybridized carbons (Fsp3) is 0. The summed E-state index contributed by atoms with van der Waals surface area (Å²) < 4.78 is 1.67. The lowest BCUT2D eigenvalue weighted by molar-refractivity contribution is 1.39. The normalized spacial score (nSPS) is 11.4. The van der Waals surface area contributed by atoms with E-state index in [1.54, 1.807) is 6.07 Å². The van der Waals surface area contributed by atoms with Crippen LogP contribution in [0.1, 0.15) is 0 Å². The summed E-state index contributed by atoms with van der Waals surface area (Å²) in [7, 11) is 0. The molecule has 20 heavy (non-hydrogen) atoms. The van der Waals surface area contributed by atoms with Gasteiger partial charge >= 0.3 is 0 Å². The van der Waals surface area contributed by atoms with Gasteiger partial charge in [0.15, 0.2) is 5.43 Å². The molecule has 0 saturated carbocycles. The van der Waals surface area contributed by atoms with E-state index in [4.69, 9.17) is 34.8 Å². The van der Waals surface area contributed by atoms with Gasteiger partial charge in [0, 0.05) is 6.07 Å². The van der Waals surface area contributed by atoms with E-state index in [-0.39, 0.29) is 10.5 Å². The minimum absolute atomic E-state index is 0.186. The van der Waals surface area contributed by atoms with E-state index in [0.717, 1.165) is 4.70 Å². The molecule has 0 unspecified atom stereocenters. The van der Waals surface area contributed by atoms with Crippen molar-refractivity contribution >= 4 is 88.2 Å². The molecular formula is C12H2Br2Cl3NOS. The number of halogens is 5. The Bertz CT molecular complexity index is 896. The first-order chi connectivity index (χ1) is 9.40. The van der Waals surface area contributed by atoms with Crippen LogP contribution in [0.4, 0.5) is 0 Å². The lowest BCUT2D eigenvalue weighted by atomic mass is 10.2. The summed E-state index contributed by atoms with van der Waals surface area (Å²) in [5.41, 5.74) is 0.939. The molecular weight excluding hydrogens is 472 g/mol. The number of hydrogen-bond acceptors (Lipinski definition) is 3. The Morgan fingerprint density at radius 3 is 2.45 bits per heavy atom. The van der Waals surface area contributed by atoms with Gasteiger partial charge in [-0.2, -0.15) is 0 Å². The van der Waals surface area contributed by atoms with E-state index in [9.17, 15) is 4.79 Å². The monoisotopic (exact) mass is 471 g/mol. The van der Waals surface area contributed by atoms with E-state index < -0.39 is 0 Å². The van der Waals surface area contributed by atoms with Gasteiger partial charge in [0.1, 0.15) is 11.2 Å². The van der Waals surface area contributed by atoms with Crippen LogP contribution in [0, 0.1) is 0 Å². The minimum Gasteiger partial charge on any atom is -0.289 e. The number of fused-ring (bicyclic) bond motifs is 2. The van der Waals surface area contributed by atoms with Crippen molar-refractivity contribution in [1.82, 2.24) is 4.98 Å². The van der Waals surface area contributed by atoms with Crippen molar-refractivity contribution in [2.75, 3.05) is 0 Å². The number of hydrogen-bond donors (Lipinski definition) is 0. The number of aromatic nitrogens is 1. The molecule has 0 saturated heterocycles. The largest absolute Gasteiger partial charge is 0.289 e. The van der Waals surface area contributed by atoms with Crippen LogP contribution < -0.4 is 5.43 Å². The maximum atomic E-state index is 11.8. The third-order valence-electron chi connectivity index (χ3n) is 2.66.